The van der Waals surface area contributed by atoms with Crippen LogP contribution in [0.25, 0.3) is 10.8 Å². The van der Waals surface area contributed by atoms with E-state index in [1.807, 2.05) is 24.3 Å². The fourth-order valence-electron chi connectivity index (χ4n) is 2.07. The molecule has 1 aromatic heterocycles. The van der Waals surface area contributed by atoms with Gasteiger partial charge in [-0.15, -0.1) is 0 Å². The summed E-state index contributed by atoms with van der Waals surface area (Å²) in [6.07, 6.45) is 0. The minimum Gasteiger partial charge on any atom is -0.456 e. The third-order valence-corrected chi connectivity index (χ3v) is 3.70. The summed E-state index contributed by atoms with van der Waals surface area (Å²) in [6.45, 7) is 0.140. The van der Waals surface area contributed by atoms with E-state index >= 15 is 0 Å². The Balaban J connectivity index is 1.85. The van der Waals surface area contributed by atoms with Crippen molar-refractivity contribution in [3.05, 3.63) is 74.6 Å². The van der Waals surface area contributed by atoms with Crippen molar-refractivity contribution >= 4 is 32.7 Å². The molecule has 0 aliphatic carbocycles. The van der Waals surface area contributed by atoms with E-state index in [-0.39, 0.29) is 17.9 Å². The highest BCUT2D eigenvalue weighted by Gasteiger charge is 2.15. The maximum absolute atomic E-state index is 12.2. The minimum atomic E-state index is -0.574. The van der Waals surface area contributed by atoms with Crippen LogP contribution in [0.1, 0.15) is 16.1 Å². The normalized spacial score (nSPS) is 10.6. The Labute approximate surface area is 134 Å². The van der Waals surface area contributed by atoms with Crippen LogP contribution < -0.4 is 5.56 Å². The maximum Gasteiger partial charge on any atom is 0.359 e. The molecule has 2 aromatic carbocycles. The first-order valence-corrected chi connectivity index (χ1v) is 7.33. The quantitative estimate of drug-likeness (QED) is 0.730. The van der Waals surface area contributed by atoms with Gasteiger partial charge < -0.3 is 4.74 Å². The zero-order chi connectivity index (χ0) is 15.5. The van der Waals surface area contributed by atoms with Crippen molar-refractivity contribution < 1.29 is 9.53 Å². The van der Waals surface area contributed by atoms with Crippen molar-refractivity contribution in [1.29, 1.82) is 0 Å². The fraction of sp³-hybridized carbons (Fsp3) is 0.0625. The summed E-state index contributed by atoms with van der Waals surface area (Å²) >= 11 is 3.34. The number of benzene rings is 2. The number of nitrogens with zero attached hydrogens (tertiary/aromatic N) is 1. The van der Waals surface area contributed by atoms with Crippen molar-refractivity contribution in [2.45, 2.75) is 6.61 Å². The molecule has 6 heteroatoms. The van der Waals surface area contributed by atoms with Gasteiger partial charge in [0.15, 0.2) is 5.69 Å². The predicted octanol–water partition coefficient (Wildman–Crippen LogP) is 3.04. The van der Waals surface area contributed by atoms with Crippen LogP contribution in [0, 0.1) is 0 Å². The number of carbonyl (C=O) groups excluding carboxylic acids is 1. The maximum atomic E-state index is 12.2. The molecule has 0 fully saturated rings. The highest BCUT2D eigenvalue weighted by Crippen LogP contribution is 2.15. The molecule has 22 heavy (non-hydrogen) atoms. The monoisotopic (exact) mass is 358 g/mol. The van der Waals surface area contributed by atoms with Gasteiger partial charge in [0.1, 0.15) is 6.61 Å². The van der Waals surface area contributed by atoms with Crippen LogP contribution in [0.2, 0.25) is 0 Å². The zero-order valence-electron chi connectivity index (χ0n) is 11.4. The summed E-state index contributed by atoms with van der Waals surface area (Å²) < 4.78 is 6.22. The number of hydrogen-bond acceptors (Lipinski definition) is 4. The smallest absolute Gasteiger partial charge is 0.359 e. The standard InChI is InChI=1S/C16H11BrN2O3/c17-11-7-5-10(6-8-11)9-22-16(21)14-12-3-1-2-4-13(12)15(20)19-18-14/h1-8H,9H2,(H,19,20). The molecule has 0 saturated carbocycles. The van der Waals surface area contributed by atoms with E-state index in [0.717, 1.165) is 10.0 Å². The second-order valence-corrected chi connectivity index (χ2v) is 5.57. The second kappa shape index (κ2) is 6.11. The Bertz CT molecular complexity index is 888. The first-order chi connectivity index (χ1) is 10.6. The molecular weight excluding hydrogens is 348 g/mol. The lowest BCUT2D eigenvalue weighted by Gasteiger charge is -2.06. The Kier molecular flexibility index (Phi) is 4.02. The molecule has 3 aromatic rings. The van der Waals surface area contributed by atoms with E-state index < -0.39 is 5.97 Å². The van der Waals surface area contributed by atoms with Crippen LogP contribution in [0.3, 0.4) is 0 Å². The number of ether oxygens (including phenoxy) is 1. The summed E-state index contributed by atoms with van der Waals surface area (Å²) in [6, 6.07) is 14.2. The van der Waals surface area contributed by atoms with Gasteiger partial charge in [-0.2, -0.15) is 5.10 Å². The number of fused-ring (bicyclic) bond motifs is 1. The van der Waals surface area contributed by atoms with Gasteiger partial charge in [0, 0.05) is 9.86 Å². The number of H-pyrrole nitrogens is 1. The molecular formula is C16H11BrN2O3. The van der Waals surface area contributed by atoms with Gasteiger partial charge in [-0.05, 0) is 23.8 Å². The topological polar surface area (TPSA) is 72.0 Å². The number of aromatic nitrogens is 2. The van der Waals surface area contributed by atoms with Crippen molar-refractivity contribution in [2.24, 2.45) is 0 Å². The Hall–Kier alpha value is -2.47. The van der Waals surface area contributed by atoms with Gasteiger partial charge in [-0.3, -0.25) is 4.79 Å². The molecule has 0 aliphatic rings. The lowest BCUT2D eigenvalue weighted by Crippen LogP contribution is -2.16. The van der Waals surface area contributed by atoms with Gasteiger partial charge in [0.2, 0.25) is 0 Å². The van der Waals surface area contributed by atoms with Crippen LogP contribution in [-0.4, -0.2) is 16.2 Å². The first kappa shape index (κ1) is 14.5. The molecule has 0 unspecified atom stereocenters. The predicted molar refractivity (Wildman–Crippen MR) is 85.6 cm³/mol. The molecule has 110 valence electrons. The Morgan fingerprint density at radius 2 is 1.77 bits per heavy atom. The molecule has 1 heterocycles. The van der Waals surface area contributed by atoms with Crippen molar-refractivity contribution in [3.63, 3.8) is 0 Å². The van der Waals surface area contributed by atoms with Gasteiger partial charge in [0.25, 0.3) is 5.56 Å². The van der Waals surface area contributed by atoms with E-state index in [9.17, 15) is 9.59 Å². The van der Waals surface area contributed by atoms with E-state index in [1.54, 1.807) is 24.3 Å². The molecule has 3 rings (SSSR count). The van der Waals surface area contributed by atoms with Gasteiger partial charge >= 0.3 is 5.97 Å². The van der Waals surface area contributed by atoms with Crippen LogP contribution in [0.4, 0.5) is 0 Å². The average molecular weight is 359 g/mol. The van der Waals surface area contributed by atoms with Crippen LogP contribution in [0.5, 0.6) is 0 Å². The fourth-order valence-corrected chi connectivity index (χ4v) is 2.33. The first-order valence-electron chi connectivity index (χ1n) is 6.54. The lowest BCUT2D eigenvalue weighted by atomic mass is 10.1. The summed E-state index contributed by atoms with van der Waals surface area (Å²) in [5, 5.41) is 7.02. The Morgan fingerprint density at radius 3 is 2.50 bits per heavy atom. The number of aromatic amines is 1. The van der Waals surface area contributed by atoms with E-state index in [1.165, 1.54) is 0 Å². The molecule has 0 bridgehead atoms. The van der Waals surface area contributed by atoms with Crippen molar-refractivity contribution in [2.75, 3.05) is 0 Å². The average Bonchev–Trinajstić information content (AvgIpc) is 2.55. The largest absolute Gasteiger partial charge is 0.456 e. The summed E-state index contributed by atoms with van der Waals surface area (Å²) in [7, 11) is 0. The Morgan fingerprint density at radius 1 is 1.09 bits per heavy atom. The molecule has 0 spiro atoms. The molecule has 0 aliphatic heterocycles. The van der Waals surface area contributed by atoms with Crippen LogP contribution >= 0.6 is 15.9 Å². The zero-order valence-corrected chi connectivity index (χ0v) is 13.0. The molecule has 5 nitrogen and oxygen atoms in total. The van der Waals surface area contributed by atoms with Crippen molar-refractivity contribution in [3.8, 4) is 0 Å². The number of carbonyl (C=O) groups is 1. The number of rotatable bonds is 3. The van der Waals surface area contributed by atoms with Gasteiger partial charge in [0.05, 0.1) is 5.39 Å². The van der Waals surface area contributed by atoms with Gasteiger partial charge in [-0.25, -0.2) is 9.89 Å². The van der Waals surface area contributed by atoms with E-state index in [0.29, 0.717) is 10.8 Å². The third-order valence-electron chi connectivity index (χ3n) is 3.17. The van der Waals surface area contributed by atoms with Gasteiger partial charge in [-0.1, -0.05) is 46.3 Å². The summed E-state index contributed by atoms with van der Waals surface area (Å²) in [4.78, 5) is 23.9. The molecule has 0 radical (unpaired) electrons. The number of hydrogen-bond donors (Lipinski definition) is 1. The summed E-state index contributed by atoms with van der Waals surface area (Å²) in [5.74, 6) is -0.574. The highest BCUT2D eigenvalue weighted by molar-refractivity contribution is 9.10. The van der Waals surface area contributed by atoms with E-state index in [2.05, 4.69) is 26.1 Å². The molecule has 1 N–H and O–H groups in total. The second-order valence-electron chi connectivity index (χ2n) is 4.65. The van der Waals surface area contributed by atoms with Crippen LogP contribution in [-0.2, 0) is 11.3 Å². The van der Waals surface area contributed by atoms with Crippen LogP contribution in [0.15, 0.2) is 57.8 Å². The molecule has 0 atom stereocenters. The lowest BCUT2D eigenvalue weighted by molar-refractivity contribution is 0.0467. The third kappa shape index (κ3) is 2.92. The number of esters is 1. The molecule has 0 saturated heterocycles. The number of halogens is 1. The SMILES string of the molecule is O=C(OCc1ccc(Br)cc1)c1n[nH]c(=O)c2ccccc12. The highest BCUT2D eigenvalue weighted by atomic mass is 79.9. The number of nitrogens with one attached hydrogen (secondary N) is 1. The van der Waals surface area contributed by atoms with Crippen molar-refractivity contribution in [1.82, 2.24) is 10.2 Å². The minimum absolute atomic E-state index is 0.104. The molecule has 0 amide bonds. The van der Waals surface area contributed by atoms with E-state index in [4.69, 9.17) is 4.74 Å². The summed E-state index contributed by atoms with van der Waals surface area (Å²) in [5.41, 5.74) is 0.637.